The molecule has 0 aromatic heterocycles. The maximum Gasteiger partial charge on any atom is 0.119 e. The molecule has 2 rings (SSSR count). The molecule has 0 bridgehead atoms. The molecule has 118 valence electrons. The molecule has 3 heteroatoms. The first kappa shape index (κ1) is 16.3. The summed E-state index contributed by atoms with van der Waals surface area (Å²) in [7, 11) is 0. The molecule has 1 aliphatic rings. The molecule has 1 saturated heterocycles. The molecule has 1 atom stereocenters. The van der Waals surface area contributed by atoms with Crippen molar-refractivity contribution in [2.75, 3.05) is 32.8 Å². The number of hydrogen-bond acceptors (Lipinski definition) is 3. The number of ether oxygens (including phenoxy) is 1. The van der Waals surface area contributed by atoms with Crippen molar-refractivity contribution >= 4 is 0 Å². The number of benzene rings is 1. The van der Waals surface area contributed by atoms with Gasteiger partial charge in [0, 0.05) is 19.1 Å². The lowest BCUT2D eigenvalue weighted by Crippen LogP contribution is -2.38. The van der Waals surface area contributed by atoms with E-state index in [2.05, 4.69) is 48.3 Å². The van der Waals surface area contributed by atoms with E-state index >= 15 is 0 Å². The summed E-state index contributed by atoms with van der Waals surface area (Å²) in [5.74, 6) is 1.87. The first-order valence-corrected chi connectivity index (χ1v) is 8.37. The lowest BCUT2D eigenvalue weighted by molar-refractivity contribution is 0.191. The second kappa shape index (κ2) is 8.40. The summed E-state index contributed by atoms with van der Waals surface area (Å²) in [5, 5.41) is 3.63. The van der Waals surface area contributed by atoms with Crippen LogP contribution in [0.25, 0.3) is 0 Å². The Morgan fingerprint density at radius 2 is 1.90 bits per heavy atom. The van der Waals surface area contributed by atoms with Gasteiger partial charge in [-0.1, -0.05) is 19.1 Å². The van der Waals surface area contributed by atoms with Crippen molar-refractivity contribution in [1.82, 2.24) is 10.2 Å². The largest absolute Gasteiger partial charge is 0.494 e. The Kier molecular flexibility index (Phi) is 6.52. The number of piperidine rings is 1. The zero-order valence-electron chi connectivity index (χ0n) is 13.8. The highest BCUT2D eigenvalue weighted by Gasteiger charge is 2.15. The number of rotatable bonds is 7. The summed E-state index contributed by atoms with van der Waals surface area (Å²) < 4.78 is 5.48. The SMILES string of the molecule is CCOc1ccc(C(C)NCCN2CCC(C)CC2)cc1. The van der Waals surface area contributed by atoms with Gasteiger partial charge in [-0.3, -0.25) is 0 Å². The third-order valence-electron chi connectivity index (χ3n) is 4.45. The van der Waals surface area contributed by atoms with Gasteiger partial charge >= 0.3 is 0 Å². The second-order valence-electron chi connectivity index (χ2n) is 6.20. The molecule has 1 aliphatic heterocycles. The molecule has 1 unspecified atom stereocenters. The van der Waals surface area contributed by atoms with Gasteiger partial charge in [-0.25, -0.2) is 0 Å². The minimum Gasteiger partial charge on any atom is -0.494 e. The zero-order chi connectivity index (χ0) is 15.1. The summed E-state index contributed by atoms with van der Waals surface area (Å²) in [6, 6.07) is 8.83. The maximum atomic E-state index is 5.48. The van der Waals surface area contributed by atoms with Gasteiger partial charge < -0.3 is 15.0 Å². The van der Waals surface area contributed by atoms with E-state index in [1.807, 2.05) is 6.92 Å². The Labute approximate surface area is 129 Å². The molecule has 0 radical (unpaired) electrons. The molecule has 21 heavy (non-hydrogen) atoms. The van der Waals surface area contributed by atoms with Crippen molar-refractivity contribution < 1.29 is 4.74 Å². The van der Waals surface area contributed by atoms with E-state index in [4.69, 9.17) is 4.74 Å². The average molecular weight is 290 g/mol. The van der Waals surface area contributed by atoms with Crippen LogP contribution in [0.2, 0.25) is 0 Å². The number of nitrogens with one attached hydrogen (secondary N) is 1. The van der Waals surface area contributed by atoms with Gasteiger partial charge in [0.2, 0.25) is 0 Å². The Balaban J connectivity index is 1.70. The van der Waals surface area contributed by atoms with Crippen molar-refractivity contribution in [3.8, 4) is 5.75 Å². The van der Waals surface area contributed by atoms with Crippen molar-refractivity contribution in [1.29, 1.82) is 0 Å². The highest BCUT2D eigenvalue weighted by molar-refractivity contribution is 5.28. The summed E-state index contributed by atoms with van der Waals surface area (Å²) in [5.41, 5.74) is 1.32. The molecule has 3 nitrogen and oxygen atoms in total. The van der Waals surface area contributed by atoms with Gasteiger partial charge in [-0.05, 0) is 63.4 Å². The van der Waals surface area contributed by atoms with E-state index in [0.717, 1.165) is 31.4 Å². The van der Waals surface area contributed by atoms with Crippen LogP contribution in [0.1, 0.15) is 45.2 Å². The van der Waals surface area contributed by atoms with E-state index in [9.17, 15) is 0 Å². The van der Waals surface area contributed by atoms with Gasteiger partial charge in [-0.15, -0.1) is 0 Å². The standard InChI is InChI=1S/C18H30N2O/c1-4-21-18-7-5-17(6-8-18)16(3)19-11-14-20-12-9-15(2)10-13-20/h5-8,15-16,19H,4,9-14H2,1-3H3. The van der Waals surface area contributed by atoms with Gasteiger partial charge in [0.05, 0.1) is 6.61 Å². The van der Waals surface area contributed by atoms with Gasteiger partial charge in [0.15, 0.2) is 0 Å². The molecule has 1 aromatic rings. The number of nitrogens with zero attached hydrogens (tertiary/aromatic N) is 1. The fraction of sp³-hybridized carbons (Fsp3) is 0.667. The molecular formula is C18H30N2O. The van der Waals surface area contributed by atoms with E-state index in [0.29, 0.717) is 6.04 Å². The molecule has 0 spiro atoms. The van der Waals surface area contributed by atoms with Crippen molar-refractivity contribution in [3.05, 3.63) is 29.8 Å². The van der Waals surface area contributed by atoms with Gasteiger partial charge in [0.1, 0.15) is 5.75 Å². The monoisotopic (exact) mass is 290 g/mol. The number of hydrogen-bond donors (Lipinski definition) is 1. The van der Waals surface area contributed by atoms with Crippen LogP contribution in [0, 0.1) is 5.92 Å². The van der Waals surface area contributed by atoms with E-state index in [1.54, 1.807) is 0 Å². The highest BCUT2D eigenvalue weighted by Crippen LogP contribution is 2.18. The van der Waals surface area contributed by atoms with E-state index in [-0.39, 0.29) is 0 Å². The van der Waals surface area contributed by atoms with Crippen LogP contribution in [0.15, 0.2) is 24.3 Å². The Bertz CT molecular complexity index is 396. The molecule has 1 heterocycles. The van der Waals surface area contributed by atoms with Crippen LogP contribution in [0.4, 0.5) is 0 Å². The van der Waals surface area contributed by atoms with Crippen LogP contribution >= 0.6 is 0 Å². The van der Waals surface area contributed by atoms with Crippen molar-refractivity contribution in [2.45, 2.75) is 39.7 Å². The molecule has 1 aromatic carbocycles. The van der Waals surface area contributed by atoms with Crippen LogP contribution < -0.4 is 10.1 Å². The first-order chi connectivity index (χ1) is 10.2. The van der Waals surface area contributed by atoms with Crippen LogP contribution in [-0.2, 0) is 0 Å². The Morgan fingerprint density at radius 3 is 2.52 bits per heavy atom. The first-order valence-electron chi connectivity index (χ1n) is 8.37. The quantitative estimate of drug-likeness (QED) is 0.832. The van der Waals surface area contributed by atoms with Crippen LogP contribution in [0.5, 0.6) is 5.75 Å². The normalized spacial score (nSPS) is 18.6. The van der Waals surface area contributed by atoms with E-state index in [1.165, 1.54) is 31.5 Å². The average Bonchev–Trinajstić information content (AvgIpc) is 2.50. The maximum absolute atomic E-state index is 5.48. The summed E-state index contributed by atoms with van der Waals surface area (Å²) in [6.45, 7) is 12.1. The Hall–Kier alpha value is -1.06. The third-order valence-corrected chi connectivity index (χ3v) is 4.45. The Morgan fingerprint density at radius 1 is 1.24 bits per heavy atom. The van der Waals surface area contributed by atoms with Crippen molar-refractivity contribution in [3.63, 3.8) is 0 Å². The molecule has 1 N–H and O–H groups in total. The smallest absolute Gasteiger partial charge is 0.119 e. The minimum absolute atomic E-state index is 0.393. The predicted molar refractivity (Wildman–Crippen MR) is 88.9 cm³/mol. The van der Waals surface area contributed by atoms with Crippen LogP contribution in [0.3, 0.4) is 0 Å². The van der Waals surface area contributed by atoms with Crippen LogP contribution in [-0.4, -0.2) is 37.7 Å². The van der Waals surface area contributed by atoms with Crippen molar-refractivity contribution in [2.24, 2.45) is 5.92 Å². The lowest BCUT2D eigenvalue weighted by atomic mass is 9.99. The summed E-state index contributed by atoms with van der Waals surface area (Å²) in [4.78, 5) is 2.58. The third kappa shape index (κ3) is 5.33. The fourth-order valence-corrected chi connectivity index (χ4v) is 2.86. The topological polar surface area (TPSA) is 24.5 Å². The predicted octanol–water partition coefficient (Wildman–Crippen LogP) is 3.47. The lowest BCUT2D eigenvalue weighted by Gasteiger charge is -2.30. The van der Waals surface area contributed by atoms with Gasteiger partial charge in [-0.2, -0.15) is 0 Å². The highest BCUT2D eigenvalue weighted by atomic mass is 16.5. The second-order valence-corrected chi connectivity index (χ2v) is 6.20. The summed E-state index contributed by atoms with van der Waals surface area (Å²) in [6.07, 6.45) is 2.71. The van der Waals surface area contributed by atoms with E-state index < -0.39 is 0 Å². The molecule has 1 fully saturated rings. The minimum atomic E-state index is 0.393. The molecule has 0 amide bonds. The fourth-order valence-electron chi connectivity index (χ4n) is 2.86. The molecular weight excluding hydrogens is 260 g/mol. The molecule has 0 aliphatic carbocycles. The summed E-state index contributed by atoms with van der Waals surface area (Å²) >= 11 is 0. The molecule has 0 saturated carbocycles. The number of likely N-dealkylation sites (tertiary alicyclic amines) is 1. The zero-order valence-corrected chi connectivity index (χ0v) is 13.8. The van der Waals surface area contributed by atoms with Gasteiger partial charge in [0.25, 0.3) is 0 Å².